The topological polar surface area (TPSA) is 91.3 Å². The van der Waals surface area contributed by atoms with Gasteiger partial charge in [-0.15, -0.1) is 11.3 Å². The van der Waals surface area contributed by atoms with E-state index >= 15 is 0 Å². The summed E-state index contributed by atoms with van der Waals surface area (Å²) in [5.41, 5.74) is 2.46. The van der Waals surface area contributed by atoms with Crippen LogP contribution >= 0.6 is 27.3 Å². The van der Waals surface area contributed by atoms with E-state index in [1.54, 1.807) is 0 Å². The number of aliphatic hydroxyl groups excluding tert-OH is 1. The van der Waals surface area contributed by atoms with Gasteiger partial charge < -0.3 is 15.7 Å². The summed E-state index contributed by atoms with van der Waals surface area (Å²) >= 11 is 4.91. The summed E-state index contributed by atoms with van der Waals surface area (Å²) in [6.07, 6.45) is 6.64. The lowest BCUT2D eigenvalue weighted by Gasteiger charge is -2.26. The molecule has 1 aromatic carbocycles. The molecule has 2 aliphatic carbocycles. The maximum absolute atomic E-state index is 13.0. The Kier molecular flexibility index (Phi) is 7.63. The molecule has 1 saturated carbocycles. The number of nitrogens with one attached hydrogen (secondary N) is 2. The molecular formula is C24H30BrN3O3S. The minimum atomic E-state index is -1.02. The predicted molar refractivity (Wildman–Crippen MR) is 129 cm³/mol. The summed E-state index contributed by atoms with van der Waals surface area (Å²) in [6, 6.07) is 7.22. The number of benzene rings is 1. The van der Waals surface area contributed by atoms with Crippen molar-refractivity contribution >= 4 is 39.1 Å². The fourth-order valence-corrected chi connectivity index (χ4v) is 6.43. The highest BCUT2D eigenvalue weighted by molar-refractivity contribution is 9.11. The van der Waals surface area contributed by atoms with Gasteiger partial charge in [-0.25, -0.2) is 4.98 Å². The lowest BCUT2D eigenvalue weighted by atomic mass is 9.85. The Morgan fingerprint density at radius 3 is 2.69 bits per heavy atom. The molecule has 0 unspecified atom stereocenters. The second-order valence-corrected chi connectivity index (χ2v) is 11.2. The van der Waals surface area contributed by atoms with Gasteiger partial charge in [0.05, 0.1) is 17.1 Å². The molecule has 2 aliphatic rings. The summed E-state index contributed by atoms with van der Waals surface area (Å²) in [4.78, 5) is 30.3. The van der Waals surface area contributed by atoms with Crippen molar-refractivity contribution in [3.8, 4) is 0 Å². The first-order valence-electron chi connectivity index (χ1n) is 11.5. The Morgan fingerprint density at radius 1 is 1.22 bits per heavy atom. The molecule has 3 atom stereocenters. The highest BCUT2D eigenvalue weighted by Crippen LogP contribution is 2.33. The largest absolute Gasteiger partial charge is 0.383 e. The van der Waals surface area contributed by atoms with E-state index in [-0.39, 0.29) is 23.9 Å². The Bertz CT molecular complexity index is 973. The average molecular weight is 520 g/mol. The van der Waals surface area contributed by atoms with Crippen molar-refractivity contribution < 1.29 is 14.7 Å². The number of halogens is 1. The van der Waals surface area contributed by atoms with Crippen molar-refractivity contribution in [2.75, 3.05) is 0 Å². The number of thiazole rings is 1. The molecule has 0 aliphatic heterocycles. The van der Waals surface area contributed by atoms with E-state index in [1.807, 2.05) is 31.2 Å². The number of aryl methyl sites for hydroxylation is 1. The van der Waals surface area contributed by atoms with E-state index < -0.39 is 6.10 Å². The van der Waals surface area contributed by atoms with Gasteiger partial charge >= 0.3 is 0 Å². The van der Waals surface area contributed by atoms with Crippen LogP contribution in [-0.2, 0) is 17.6 Å². The third-order valence-corrected chi connectivity index (χ3v) is 8.43. The van der Waals surface area contributed by atoms with Gasteiger partial charge in [-0.1, -0.05) is 63.3 Å². The zero-order chi connectivity index (χ0) is 22.7. The molecule has 172 valence electrons. The highest BCUT2D eigenvalue weighted by atomic mass is 79.9. The summed E-state index contributed by atoms with van der Waals surface area (Å²) in [7, 11) is 0. The SMILES string of the molecule is CCc1nc(C(=O)N[C@@H]2c3ccccc3C[C@H]2NC(=O)[C@H](O)CC2CCCCC2)c(Br)s1. The molecule has 0 radical (unpaired) electrons. The highest BCUT2D eigenvalue weighted by Gasteiger charge is 2.36. The standard InChI is InChI=1S/C24H30BrN3O3S/c1-2-19-27-21(22(25)32-19)24(31)28-20-16-11-7-6-10-15(16)13-17(20)26-23(30)18(29)12-14-8-4-3-5-9-14/h6-7,10-11,14,17-18,20,29H,2-5,8-9,12-13H2,1H3,(H,26,30)(H,28,31)/t17-,18-,20-/m1/s1. The van der Waals surface area contributed by atoms with Crippen LogP contribution in [0.15, 0.2) is 28.1 Å². The number of fused-ring (bicyclic) bond motifs is 1. The van der Waals surface area contributed by atoms with Crippen molar-refractivity contribution in [3.63, 3.8) is 0 Å². The quantitative estimate of drug-likeness (QED) is 0.508. The smallest absolute Gasteiger partial charge is 0.272 e. The maximum Gasteiger partial charge on any atom is 0.272 e. The summed E-state index contributed by atoms with van der Waals surface area (Å²) < 4.78 is 0.710. The van der Waals surface area contributed by atoms with Gasteiger partial charge in [-0.2, -0.15) is 0 Å². The number of aliphatic hydroxyl groups is 1. The number of nitrogens with zero attached hydrogens (tertiary/aromatic N) is 1. The molecular weight excluding hydrogens is 490 g/mol. The fourth-order valence-electron chi connectivity index (χ4n) is 4.88. The number of carbonyl (C=O) groups is 2. The first-order valence-corrected chi connectivity index (χ1v) is 13.1. The second-order valence-electron chi connectivity index (χ2n) is 8.81. The van der Waals surface area contributed by atoms with Gasteiger partial charge in [0, 0.05) is 0 Å². The van der Waals surface area contributed by atoms with E-state index in [4.69, 9.17) is 0 Å². The summed E-state index contributed by atoms with van der Waals surface area (Å²) in [6.45, 7) is 2.00. The Morgan fingerprint density at radius 2 is 1.97 bits per heavy atom. The van der Waals surface area contributed by atoms with Gasteiger partial charge in [0.15, 0.2) is 5.69 Å². The number of amides is 2. The van der Waals surface area contributed by atoms with Gasteiger partial charge in [0.1, 0.15) is 9.89 Å². The molecule has 8 heteroatoms. The third kappa shape index (κ3) is 5.24. The van der Waals surface area contributed by atoms with E-state index in [0.717, 1.165) is 35.4 Å². The van der Waals surface area contributed by atoms with Crippen molar-refractivity contribution in [1.29, 1.82) is 0 Å². The number of hydrogen-bond acceptors (Lipinski definition) is 5. The second kappa shape index (κ2) is 10.4. The molecule has 2 aromatic rings. The fraction of sp³-hybridized carbons (Fsp3) is 0.542. The number of hydrogen-bond donors (Lipinski definition) is 3. The van der Waals surface area contributed by atoms with Crippen LogP contribution in [0.25, 0.3) is 0 Å². The molecule has 1 aromatic heterocycles. The predicted octanol–water partition coefficient (Wildman–Crippen LogP) is 4.31. The van der Waals surface area contributed by atoms with Crippen LogP contribution in [0.3, 0.4) is 0 Å². The van der Waals surface area contributed by atoms with Crippen molar-refractivity contribution in [2.45, 2.75) is 76.5 Å². The molecule has 1 heterocycles. The average Bonchev–Trinajstić information content (AvgIpc) is 3.34. The van der Waals surface area contributed by atoms with Crippen molar-refractivity contribution in [3.05, 3.63) is 49.9 Å². The Labute approximate surface area is 201 Å². The van der Waals surface area contributed by atoms with Crippen LogP contribution in [0, 0.1) is 5.92 Å². The van der Waals surface area contributed by atoms with E-state index in [1.165, 1.54) is 30.6 Å². The first-order chi connectivity index (χ1) is 15.5. The maximum atomic E-state index is 13.0. The van der Waals surface area contributed by atoms with Gasteiger partial charge in [-0.05, 0) is 52.2 Å². The molecule has 0 bridgehead atoms. The monoisotopic (exact) mass is 519 g/mol. The van der Waals surface area contributed by atoms with Gasteiger partial charge in [-0.3, -0.25) is 9.59 Å². The minimum absolute atomic E-state index is 0.267. The number of rotatable bonds is 7. The van der Waals surface area contributed by atoms with Crippen molar-refractivity contribution in [1.82, 2.24) is 15.6 Å². The van der Waals surface area contributed by atoms with Crippen LogP contribution < -0.4 is 10.6 Å². The van der Waals surface area contributed by atoms with Crippen LogP contribution in [0.1, 0.15) is 78.1 Å². The third-order valence-electron chi connectivity index (χ3n) is 6.58. The van der Waals surface area contributed by atoms with Crippen LogP contribution in [0.4, 0.5) is 0 Å². The molecule has 6 nitrogen and oxygen atoms in total. The molecule has 3 N–H and O–H groups in total. The lowest BCUT2D eigenvalue weighted by molar-refractivity contribution is -0.131. The Balaban J connectivity index is 1.46. The molecule has 4 rings (SSSR count). The van der Waals surface area contributed by atoms with Crippen LogP contribution in [0.5, 0.6) is 0 Å². The molecule has 0 saturated heterocycles. The number of carbonyl (C=O) groups excluding carboxylic acids is 2. The zero-order valence-electron chi connectivity index (χ0n) is 18.3. The van der Waals surface area contributed by atoms with E-state index in [2.05, 4.69) is 31.5 Å². The molecule has 1 fully saturated rings. The van der Waals surface area contributed by atoms with Crippen LogP contribution in [-0.4, -0.2) is 34.1 Å². The summed E-state index contributed by atoms with van der Waals surface area (Å²) in [5, 5.41) is 17.5. The normalized spacial score (nSPS) is 21.7. The van der Waals surface area contributed by atoms with Crippen molar-refractivity contribution in [2.24, 2.45) is 5.92 Å². The zero-order valence-corrected chi connectivity index (χ0v) is 20.7. The van der Waals surface area contributed by atoms with Gasteiger partial charge in [0.25, 0.3) is 5.91 Å². The van der Waals surface area contributed by atoms with Gasteiger partial charge in [0.2, 0.25) is 5.91 Å². The lowest BCUT2D eigenvalue weighted by Crippen LogP contribution is -2.48. The molecule has 32 heavy (non-hydrogen) atoms. The molecule has 0 spiro atoms. The minimum Gasteiger partial charge on any atom is -0.383 e. The number of aromatic nitrogens is 1. The molecule has 2 amide bonds. The first kappa shape index (κ1) is 23.4. The van der Waals surface area contributed by atoms with Crippen LogP contribution in [0.2, 0.25) is 0 Å². The Hall–Kier alpha value is -1.77. The van der Waals surface area contributed by atoms with E-state index in [0.29, 0.717) is 28.2 Å². The summed E-state index contributed by atoms with van der Waals surface area (Å²) in [5.74, 6) is -0.206. The van der Waals surface area contributed by atoms with E-state index in [9.17, 15) is 14.7 Å².